The van der Waals surface area contributed by atoms with E-state index in [9.17, 15) is 8.42 Å². The lowest BCUT2D eigenvalue weighted by Gasteiger charge is -2.08. The highest BCUT2D eigenvalue weighted by Crippen LogP contribution is 2.20. The highest BCUT2D eigenvalue weighted by atomic mass is 79.9. The van der Waals surface area contributed by atoms with Crippen LogP contribution in [0.25, 0.3) is 0 Å². The average Bonchev–Trinajstić information content (AvgIpc) is 2.32. The Balaban J connectivity index is 2.27. The first-order valence-electron chi connectivity index (χ1n) is 5.05. The molecule has 0 amide bonds. The number of hydrogen-bond acceptors (Lipinski definition) is 3. The van der Waals surface area contributed by atoms with Crippen molar-refractivity contribution in [3.63, 3.8) is 0 Å². The Morgan fingerprint density at radius 1 is 0.944 bits per heavy atom. The molecule has 0 fully saturated rings. The second kappa shape index (κ2) is 4.99. The molecule has 0 spiro atoms. The summed E-state index contributed by atoms with van der Waals surface area (Å²) in [5.74, 6) is 0.0255. The second-order valence-electron chi connectivity index (χ2n) is 3.61. The zero-order chi connectivity index (χ0) is 13.2. The summed E-state index contributed by atoms with van der Waals surface area (Å²) in [6.45, 7) is 0. The van der Waals surface area contributed by atoms with E-state index in [0.29, 0.717) is 5.69 Å². The quantitative estimate of drug-likeness (QED) is 0.910. The minimum atomic E-state index is -3.62. The van der Waals surface area contributed by atoms with E-state index in [1.807, 2.05) is 0 Å². The number of aromatic hydroxyl groups is 1. The van der Waals surface area contributed by atoms with Crippen LogP contribution < -0.4 is 4.72 Å². The van der Waals surface area contributed by atoms with Crippen LogP contribution in [-0.2, 0) is 10.0 Å². The molecular formula is C12H10BrNO3S. The van der Waals surface area contributed by atoms with Crippen LogP contribution in [0.4, 0.5) is 5.69 Å². The molecule has 2 aromatic carbocycles. The maximum Gasteiger partial charge on any atom is 0.261 e. The maximum atomic E-state index is 12.0. The van der Waals surface area contributed by atoms with Crippen molar-refractivity contribution < 1.29 is 13.5 Å². The normalized spacial score (nSPS) is 11.2. The van der Waals surface area contributed by atoms with Crippen molar-refractivity contribution in [3.8, 4) is 5.75 Å². The fourth-order valence-corrected chi connectivity index (χ4v) is 2.68. The molecular weight excluding hydrogens is 318 g/mol. The molecule has 2 rings (SSSR count). The van der Waals surface area contributed by atoms with Crippen molar-refractivity contribution in [1.29, 1.82) is 0 Å². The van der Waals surface area contributed by atoms with Crippen molar-refractivity contribution in [2.75, 3.05) is 4.72 Å². The molecule has 0 radical (unpaired) electrons. The van der Waals surface area contributed by atoms with E-state index in [2.05, 4.69) is 20.7 Å². The van der Waals surface area contributed by atoms with Gasteiger partial charge in [-0.2, -0.15) is 0 Å². The first-order chi connectivity index (χ1) is 8.47. The molecule has 0 saturated heterocycles. The van der Waals surface area contributed by atoms with E-state index >= 15 is 0 Å². The van der Waals surface area contributed by atoms with Crippen molar-refractivity contribution in [2.24, 2.45) is 0 Å². The number of phenolic OH excluding ortho intramolecular Hbond substituents is 1. The molecule has 0 aromatic heterocycles. The molecule has 0 aliphatic heterocycles. The van der Waals surface area contributed by atoms with Crippen LogP contribution in [0, 0.1) is 0 Å². The standard InChI is InChI=1S/C12H10BrNO3S/c13-9-1-3-10(4-2-9)14-18(16,17)12-7-5-11(15)6-8-12/h1-8,14-15H. The Bertz CT molecular complexity index is 636. The summed E-state index contributed by atoms with van der Waals surface area (Å²) in [4.78, 5) is 0.100. The van der Waals surface area contributed by atoms with E-state index < -0.39 is 10.0 Å². The van der Waals surface area contributed by atoms with Crippen LogP contribution in [0.3, 0.4) is 0 Å². The first kappa shape index (κ1) is 12.9. The third kappa shape index (κ3) is 3.02. The summed E-state index contributed by atoms with van der Waals surface area (Å²) in [6, 6.07) is 12.1. The van der Waals surface area contributed by atoms with E-state index in [4.69, 9.17) is 5.11 Å². The predicted octanol–water partition coefficient (Wildman–Crippen LogP) is 2.96. The van der Waals surface area contributed by atoms with Crippen LogP contribution >= 0.6 is 15.9 Å². The third-order valence-corrected chi connectivity index (χ3v) is 4.17. The number of hydrogen-bond donors (Lipinski definition) is 2. The molecule has 0 saturated carbocycles. The van der Waals surface area contributed by atoms with Gasteiger partial charge in [0.1, 0.15) is 5.75 Å². The Labute approximate surface area is 113 Å². The number of sulfonamides is 1. The molecule has 0 aliphatic carbocycles. The molecule has 6 heteroatoms. The second-order valence-corrected chi connectivity index (χ2v) is 6.20. The molecule has 2 N–H and O–H groups in total. The number of phenols is 1. The number of anilines is 1. The Hall–Kier alpha value is -1.53. The third-order valence-electron chi connectivity index (χ3n) is 2.24. The van der Waals surface area contributed by atoms with E-state index in [1.54, 1.807) is 24.3 Å². The Kier molecular flexibility index (Phi) is 3.58. The van der Waals surface area contributed by atoms with Crippen molar-refractivity contribution >= 4 is 31.6 Å². The summed E-state index contributed by atoms with van der Waals surface area (Å²) in [5, 5.41) is 9.12. The highest BCUT2D eigenvalue weighted by Gasteiger charge is 2.13. The summed E-state index contributed by atoms with van der Waals surface area (Å²) in [6.07, 6.45) is 0. The monoisotopic (exact) mass is 327 g/mol. The Morgan fingerprint density at radius 2 is 1.50 bits per heavy atom. The molecule has 4 nitrogen and oxygen atoms in total. The van der Waals surface area contributed by atoms with E-state index in [-0.39, 0.29) is 10.6 Å². The lowest BCUT2D eigenvalue weighted by atomic mass is 10.3. The lowest BCUT2D eigenvalue weighted by molar-refractivity contribution is 0.475. The van der Waals surface area contributed by atoms with Gasteiger partial charge in [-0.1, -0.05) is 15.9 Å². The zero-order valence-corrected chi connectivity index (χ0v) is 11.6. The molecule has 18 heavy (non-hydrogen) atoms. The van der Waals surface area contributed by atoms with Crippen LogP contribution in [0.5, 0.6) is 5.75 Å². The summed E-state index contributed by atoms with van der Waals surface area (Å²) >= 11 is 3.27. The minimum Gasteiger partial charge on any atom is -0.508 e. The van der Waals surface area contributed by atoms with Gasteiger partial charge in [-0.3, -0.25) is 4.72 Å². The fourth-order valence-electron chi connectivity index (χ4n) is 1.36. The summed E-state index contributed by atoms with van der Waals surface area (Å²) < 4.78 is 27.3. The van der Waals surface area contributed by atoms with Crippen LogP contribution in [-0.4, -0.2) is 13.5 Å². The van der Waals surface area contributed by atoms with Gasteiger partial charge in [0.15, 0.2) is 0 Å². The first-order valence-corrected chi connectivity index (χ1v) is 7.32. The van der Waals surface area contributed by atoms with Crippen molar-refractivity contribution in [1.82, 2.24) is 0 Å². The number of benzene rings is 2. The van der Waals surface area contributed by atoms with Crippen LogP contribution in [0.15, 0.2) is 57.9 Å². The highest BCUT2D eigenvalue weighted by molar-refractivity contribution is 9.10. The van der Waals surface area contributed by atoms with Gasteiger partial charge in [-0.15, -0.1) is 0 Å². The van der Waals surface area contributed by atoms with Gasteiger partial charge in [0, 0.05) is 10.2 Å². The number of rotatable bonds is 3. The van der Waals surface area contributed by atoms with Crippen molar-refractivity contribution in [2.45, 2.75) is 4.90 Å². The maximum absolute atomic E-state index is 12.0. The van der Waals surface area contributed by atoms with Gasteiger partial charge in [-0.25, -0.2) is 8.42 Å². The predicted molar refractivity (Wildman–Crippen MR) is 73.1 cm³/mol. The topological polar surface area (TPSA) is 66.4 Å². The van der Waals surface area contributed by atoms with Crippen LogP contribution in [0.2, 0.25) is 0 Å². The largest absolute Gasteiger partial charge is 0.508 e. The summed E-state index contributed by atoms with van der Waals surface area (Å²) in [5.41, 5.74) is 0.478. The van der Waals surface area contributed by atoms with Gasteiger partial charge in [0.05, 0.1) is 4.90 Å². The number of halogens is 1. The lowest BCUT2D eigenvalue weighted by Crippen LogP contribution is -2.12. The van der Waals surface area contributed by atoms with Gasteiger partial charge in [0.25, 0.3) is 10.0 Å². The van der Waals surface area contributed by atoms with Gasteiger partial charge in [0.2, 0.25) is 0 Å². The Morgan fingerprint density at radius 3 is 2.06 bits per heavy atom. The number of nitrogens with one attached hydrogen (secondary N) is 1. The molecule has 0 atom stereocenters. The fraction of sp³-hybridized carbons (Fsp3) is 0. The SMILES string of the molecule is O=S(=O)(Nc1ccc(Br)cc1)c1ccc(O)cc1. The molecule has 94 valence electrons. The zero-order valence-electron chi connectivity index (χ0n) is 9.17. The average molecular weight is 328 g/mol. The van der Waals surface area contributed by atoms with E-state index in [0.717, 1.165) is 4.47 Å². The van der Waals surface area contributed by atoms with Crippen molar-refractivity contribution in [3.05, 3.63) is 53.0 Å². The molecule has 0 bridgehead atoms. The molecule has 0 unspecified atom stereocenters. The molecule has 2 aromatic rings. The molecule has 0 heterocycles. The minimum absolute atomic E-state index is 0.0255. The van der Waals surface area contributed by atoms with Crippen LogP contribution in [0.1, 0.15) is 0 Å². The molecule has 0 aliphatic rings. The van der Waals surface area contributed by atoms with E-state index in [1.165, 1.54) is 24.3 Å². The van der Waals surface area contributed by atoms with Gasteiger partial charge >= 0.3 is 0 Å². The smallest absolute Gasteiger partial charge is 0.261 e. The summed E-state index contributed by atoms with van der Waals surface area (Å²) in [7, 11) is -3.62. The van der Waals surface area contributed by atoms with Gasteiger partial charge in [-0.05, 0) is 48.5 Å². The van der Waals surface area contributed by atoms with Gasteiger partial charge < -0.3 is 5.11 Å².